The molecule has 2 amide bonds. The maximum atomic E-state index is 12.2. The molecule has 0 saturated carbocycles. The Morgan fingerprint density at radius 1 is 1.12 bits per heavy atom. The Labute approximate surface area is 189 Å². The maximum absolute atomic E-state index is 12.2. The van der Waals surface area contributed by atoms with E-state index in [0.29, 0.717) is 22.4 Å². The summed E-state index contributed by atoms with van der Waals surface area (Å²) in [4.78, 5) is 34.5. The molecule has 2 N–H and O–H groups in total. The molecule has 1 aliphatic rings. The van der Waals surface area contributed by atoms with Crippen molar-refractivity contribution in [3.63, 3.8) is 0 Å². The van der Waals surface area contributed by atoms with Gasteiger partial charge >= 0.3 is 0 Å². The van der Waals surface area contributed by atoms with Crippen LogP contribution in [0.4, 0.5) is 10.8 Å². The van der Waals surface area contributed by atoms with Gasteiger partial charge in [-0.2, -0.15) is 0 Å². The van der Waals surface area contributed by atoms with Gasteiger partial charge in [-0.15, -0.1) is 10.2 Å². The number of amides is 2. The lowest BCUT2D eigenvalue weighted by Gasteiger charge is -2.05. The zero-order valence-corrected chi connectivity index (χ0v) is 17.9. The highest BCUT2D eigenvalue weighted by Gasteiger charge is 2.15. The van der Waals surface area contributed by atoms with Crippen LogP contribution in [-0.2, 0) is 11.3 Å². The summed E-state index contributed by atoms with van der Waals surface area (Å²) >= 11 is 2.32. The minimum Gasteiger partial charge on any atom is -0.454 e. The second kappa shape index (κ2) is 9.62. The number of benzene rings is 2. The molecule has 1 aromatic heterocycles. The monoisotopic (exact) mass is 473 g/mol. The van der Waals surface area contributed by atoms with Crippen LogP contribution in [0.2, 0.25) is 0 Å². The predicted molar refractivity (Wildman–Crippen MR) is 116 cm³/mol. The van der Waals surface area contributed by atoms with E-state index in [-0.39, 0.29) is 34.8 Å². The summed E-state index contributed by atoms with van der Waals surface area (Å²) in [6, 6.07) is 10.7. The van der Waals surface area contributed by atoms with Crippen molar-refractivity contribution in [1.29, 1.82) is 0 Å². The smallest absolute Gasteiger partial charge is 0.269 e. The lowest BCUT2D eigenvalue weighted by molar-refractivity contribution is -0.384. The highest BCUT2D eigenvalue weighted by Crippen LogP contribution is 2.32. The summed E-state index contributed by atoms with van der Waals surface area (Å²) in [5.41, 5.74) is 1.04. The van der Waals surface area contributed by atoms with Gasteiger partial charge < -0.3 is 14.8 Å². The van der Waals surface area contributed by atoms with Gasteiger partial charge in [-0.3, -0.25) is 25.0 Å². The first-order valence-corrected chi connectivity index (χ1v) is 11.0. The molecule has 2 heterocycles. The first-order valence-electron chi connectivity index (χ1n) is 9.15. The Bertz CT molecular complexity index is 1170. The van der Waals surface area contributed by atoms with Crippen LogP contribution < -0.4 is 20.1 Å². The number of hydrogen-bond acceptors (Lipinski definition) is 10. The average molecular weight is 473 g/mol. The van der Waals surface area contributed by atoms with E-state index in [1.54, 1.807) is 6.07 Å². The molecule has 11 nitrogen and oxygen atoms in total. The summed E-state index contributed by atoms with van der Waals surface area (Å²) in [6.45, 7) is 0.544. The molecule has 32 heavy (non-hydrogen) atoms. The van der Waals surface area contributed by atoms with E-state index in [9.17, 15) is 19.7 Å². The van der Waals surface area contributed by atoms with Crippen LogP contribution in [0.25, 0.3) is 0 Å². The number of carbonyl (C=O) groups excluding carboxylic acids is 2. The number of aromatic nitrogens is 2. The van der Waals surface area contributed by atoms with Gasteiger partial charge in [0.15, 0.2) is 15.8 Å². The highest BCUT2D eigenvalue weighted by atomic mass is 32.2. The van der Waals surface area contributed by atoms with Crippen LogP contribution in [-0.4, -0.2) is 39.5 Å². The Hall–Kier alpha value is -3.71. The van der Waals surface area contributed by atoms with E-state index in [0.717, 1.165) is 16.9 Å². The van der Waals surface area contributed by atoms with E-state index in [2.05, 4.69) is 20.8 Å². The number of fused-ring (bicyclic) bond motifs is 1. The highest BCUT2D eigenvalue weighted by molar-refractivity contribution is 8.01. The SMILES string of the molecule is O=C(CSc1nnc(NC(=O)c2ccc([N+](=O)[O-])cc2)s1)NCc1ccc2c(c1)OCO2. The van der Waals surface area contributed by atoms with Crippen molar-refractivity contribution < 1.29 is 24.0 Å². The molecule has 0 unspecified atom stereocenters. The molecular weight excluding hydrogens is 458 g/mol. The standard InChI is InChI=1S/C19H15N5O6S2/c25-16(20-8-11-1-6-14-15(7-11)30-10-29-14)9-31-19-23-22-18(32-19)21-17(26)12-2-4-13(5-3-12)24(27)28/h1-7H,8-10H2,(H,20,25)(H,21,22,26). The molecule has 0 radical (unpaired) electrons. The van der Waals surface area contributed by atoms with Gasteiger partial charge in [0.25, 0.3) is 11.6 Å². The third-order valence-corrected chi connectivity index (χ3v) is 6.19. The Balaban J connectivity index is 1.23. The average Bonchev–Trinajstić information content (AvgIpc) is 3.45. The van der Waals surface area contributed by atoms with Gasteiger partial charge in [0, 0.05) is 24.2 Å². The maximum Gasteiger partial charge on any atom is 0.269 e. The zero-order chi connectivity index (χ0) is 22.5. The summed E-state index contributed by atoms with van der Waals surface area (Å²) < 4.78 is 11.1. The molecule has 164 valence electrons. The molecule has 3 aromatic rings. The Kier molecular flexibility index (Phi) is 6.47. The lowest BCUT2D eigenvalue weighted by atomic mass is 10.2. The first kappa shape index (κ1) is 21.5. The fraction of sp³-hybridized carbons (Fsp3) is 0.158. The van der Waals surface area contributed by atoms with E-state index in [1.165, 1.54) is 36.0 Å². The molecule has 0 fully saturated rings. The number of rotatable bonds is 8. The van der Waals surface area contributed by atoms with Crippen LogP contribution in [0.1, 0.15) is 15.9 Å². The van der Waals surface area contributed by atoms with Crippen molar-refractivity contribution in [2.24, 2.45) is 0 Å². The van der Waals surface area contributed by atoms with E-state index < -0.39 is 10.8 Å². The molecule has 0 spiro atoms. The minimum absolute atomic E-state index is 0.104. The third kappa shape index (κ3) is 5.31. The number of carbonyl (C=O) groups is 2. The molecule has 1 aliphatic heterocycles. The van der Waals surface area contributed by atoms with Crippen LogP contribution in [0, 0.1) is 10.1 Å². The van der Waals surface area contributed by atoms with Crippen LogP contribution in [0.3, 0.4) is 0 Å². The number of hydrogen-bond donors (Lipinski definition) is 2. The molecule has 0 aliphatic carbocycles. The topological polar surface area (TPSA) is 146 Å². The Morgan fingerprint density at radius 3 is 2.69 bits per heavy atom. The first-order chi connectivity index (χ1) is 15.5. The number of nitro groups is 1. The normalized spacial score (nSPS) is 11.8. The molecule has 0 atom stereocenters. The van der Waals surface area contributed by atoms with Crippen LogP contribution in [0.15, 0.2) is 46.8 Å². The lowest BCUT2D eigenvalue weighted by Crippen LogP contribution is -2.24. The van der Waals surface area contributed by atoms with E-state index >= 15 is 0 Å². The van der Waals surface area contributed by atoms with Crippen molar-refractivity contribution in [2.45, 2.75) is 10.9 Å². The van der Waals surface area contributed by atoms with Crippen molar-refractivity contribution in [1.82, 2.24) is 15.5 Å². The largest absolute Gasteiger partial charge is 0.454 e. The molecule has 13 heteroatoms. The number of thioether (sulfide) groups is 1. The number of nitrogens with one attached hydrogen (secondary N) is 2. The number of ether oxygens (including phenoxy) is 2. The fourth-order valence-electron chi connectivity index (χ4n) is 2.65. The predicted octanol–water partition coefficient (Wildman–Crippen LogP) is 2.84. The number of anilines is 1. The quantitative estimate of drug-likeness (QED) is 0.218. The molecule has 0 saturated heterocycles. The van der Waals surface area contributed by atoms with Crippen LogP contribution >= 0.6 is 23.1 Å². The van der Waals surface area contributed by atoms with E-state index in [4.69, 9.17) is 9.47 Å². The van der Waals surface area contributed by atoms with Crippen molar-refractivity contribution in [3.8, 4) is 11.5 Å². The zero-order valence-electron chi connectivity index (χ0n) is 16.3. The van der Waals surface area contributed by atoms with Gasteiger partial charge in [0.2, 0.25) is 17.8 Å². The number of nitrogens with zero attached hydrogens (tertiary/aromatic N) is 3. The van der Waals surface area contributed by atoms with E-state index in [1.807, 2.05) is 12.1 Å². The second-order valence-corrected chi connectivity index (χ2v) is 8.58. The van der Waals surface area contributed by atoms with Crippen molar-refractivity contribution in [3.05, 3.63) is 63.7 Å². The minimum atomic E-state index is -0.540. The Morgan fingerprint density at radius 2 is 1.91 bits per heavy atom. The molecule has 2 aromatic carbocycles. The number of non-ortho nitro benzene ring substituents is 1. The molecule has 0 bridgehead atoms. The van der Waals surface area contributed by atoms with Crippen LogP contribution in [0.5, 0.6) is 11.5 Å². The summed E-state index contributed by atoms with van der Waals surface area (Å²) in [6.07, 6.45) is 0. The summed E-state index contributed by atoms with van der Waals surface area (Å²) in [7, 11) is 0. The molecular formula is C19H15N5O6S2. The third-order valence-electron chi connectivity index (χ3n) is 4.22. The fourth-order valence-corrected chi connectivity index (χ4v) is 4.23. The van der Waals surface area contributed by atoms with Gasteiger partial charge in [-0.05, 0) is 29.8 Å². The van der Waals surface area contributed by atoms with Gasteiger partial charge in [0.1, 0.15) is 0 Å². The number of nitro benzene ring substituents is 1. The van der Waals surface area contributed by atoms with Crippen molar-refractivity contribution >= 4 is 45.7 Å². The second-order valence-electron chi connectivity index (χ2n) is 6.38. The summed E-state index contributed by atoms with van der Waals surface area (Å²) in [5, 5.41) is 24.2. The van der Waals surface area contributed by atoms with Gasteiger partial charge in [-0.25, -0.2) is 0 Å². The van der Waals surface area contributed by atoms with Gasteiger partial charge in [-0.1, -0.05) is 29.2 Å². The van der Waals surface area contributed by atoms with Crippen molar-refractivity contribution in [2.75, 3.05) is 17.9 Å². The summed E-state index contributed by atoms with van der Waals surface area (Å²) in [5.74, 6) is 0.829. The molecule has 4 rings (SSSR count). The van der Waals surface area contributed by atoms with Gasteiger partial charge in [0.05, 0.1) is 10.7 Å².